The Balaban J connectivity index is 2.39. The van der Waals surface area contributed by atoms with Crippen molar-refractivity contribution in [2.75, 3.05) is 0 Å². The van der Waals surface area contributed by atoms with Gasteiger partial charge in [-0.25, -0.2) is 0 Å². The lowest BCUT2D eigenvalue weighted by Crippen LogP contribution is -2.00. The summed E-state index contributed by atoms with van der Waals surface area (Å²) >= 11 is 0.906. The number of hydrogen-bond acceptors (Lipinski definition) is 4. The summed E-state index contributed by atoms with van der Waals surface area (Å²) in [5.41, 5.74) is 1.23. The van der Waals surface area contributed by atoms with Crippen LogP contribution < -0.4 is 5.26 Å². The van der Waals surface area contributed by atoms with Gasteiger partial charge in [0.25, 0.3) is 0 Å². The van der Waals surface area contributed by atoms with Gasteiger partial charge in [-0.05, 0) is 35.4 Å². The van der Waals surface area contributed by atoms with Crippen molar-refractivity contribution in [3.05, 3.63) is 42.0 Å². The van der Waals surface area contributed by atoms with Crippen LogP contribution in [0.25, 0.3) is 10.8 Å². The van der Waals surface area contributed by atoms with Crippen molar-refractivity contribution in [2.24, 2.45) is 0 Å². The summed E-state index contributed by atoms with van der Waals surface area (Å²) in [6.45, 7) is 2.06. The Kier molecular flexibility index (Phi) is 3.23. The van der Waals surface area contributed by atoms with Crippen LogP contribution in [0.4, 0.5) is 0 Å². The molecule has 3 nitrogen and oxygen atoms in total. The molecule has 0 unspecified atom stereocenters. The molecule has 0 radical (unpaired) electrons. The van der Waals surface area contributed by atoms with Crippen LogP contribution in [-0.2, 0) is 9.37 Å². The fraction of sp³-hybridized carbons (Fsp3) is 0.0909. The molecule has 78 valence electrons. The Hall–Kier alpha value is -1.07. The highest BCUT2D eigenvalue weighted by atomic mass is 32.2. The minimum absolute atomic E-state index is 0.837. The Morgan fingerprint density at radius 1 is 1.20 bits per heavy atom. The first-order valence-electron chi connectivity index (χ1n) is 4.44. The normalized spacial score (nSPS) is 10.8. The summed E-state index contributed by atoms with van der Waals surface area (Å²) in [6.07, 6.45) is 0. The Morgan fingerprint density at radius 2 is 2.07 bits per heavy atom. The summed E-state index contributed by atoms with van der Waals surface area (Å²) in [6, 6.07) is 11.9. The molecule has 0 atom stereocenters. The van der Waals surface area contributed by atoms with E-state index >= 15 is 0 Å². The van der Waals surface area contributed by atoms with Crippen molar-refractivity contribution in [1.29, 1.82) is 0 Å². The Bertz CT molecular complexity index is 470. The fourth-order valence-corrected chi connectivity index (χ4v) is 1.93. The van der Waals surface area contributed by atoms with Gasteiger partial charge < -0.3 is 5.26 Å². The van der Waals surface area contributed by atoms with Gasteiger partial charge in [0.1, 0.15) is 0 Å². The number of hydrogen-bond donors (Lipinski definition) is 0. The van der Waals surface area contributed by atoms with Crippen LogP contribution in [-0.4, -0.2) is 0 Å². The van der Waals surface area contributed by atoms with Crippen LogP contribution in [0.2, 0.25) is 0 Å². The molecule has 0 N–H and O–H groups in total. The van der Waals surface area contributed by atoms with Crippen molar-refractivity contribution in [3.63, 3.8) is 0 Å². The monoisotopic (exact) mass is 221 g/mol. The second-order valence-corrected chi connectivity index (χ2v) is 3.95. The molecule has 0 aromatic heterocycles. The van der Waals surface area contributed by atoms with Gasteiger partial charge in [0.15, 0.2) is 0 Å². The Morgan fingerprint density at radius 3 is 2.87 bits per heavy atom. The lowest BCUT2D eigenvalue weighted by molar-refractivity contribution is -0.777. The average Bonchev–Trinajstić information content (AvgIpc) is 2.26. The molecule has 0 fully saturated rings. The largest absolute Gasteiger partial charge is 0.691 e. The average molecular weight is 221 g/mol. The van der Waals surface area contributed by atoms with Gasteiger partial charge in [-0.1, -0.05) is 24.3 Å². The van der Waals surface area contributed by atoms with Crippen molar-refractivity contribution in [2.45, 2.75) is 11.8 Å². The van der Waals surface area contributed by atoms with Crippen molar-refractivity contribution in [3.8, 4) is 0 Å². The predicted octanol–water partition coefficient (Wildman–Crippen LogP) is 2.38. The van der Waals surface area contributed by atoms with Crippen LogP contribution in [0.5, 0.6) is 0 Å². The predicted molar refractivity (Wildman–Crippen MR) is 56.7 cm³/mol. The maximum atomic E-state index is 9.68. The molecule has 15 heavy (non-hydrogen) atoms. The highest BCUT2D eigenvalue weighted by Crippen LogP contribution is 2.25. The molecule has 2 aromatic rings. The third kappa shape index (κ3) is 2.30. The standard InChI is InChI=1S/C11H10O3S/c1-8-3-2-4-9-7-10(15-14-13-12)5-6-11(8)9/h2-7,12H,1H3/p-1. The fourth-order valence-electron chi connectivity index (χ4n) is 1.53. The number of fused-ring (bicyclic) bond motifs is 1. The molecule has 4 heteroatoms. The van der Waals surface area contributed by atoms with E-state index in [9.17, 15) is 5.26 Å². The molecule has 0 aliphatic heterocycles. The van der Waals surface area contributed by atoms with Crippen LogP contribution in [0.3, 0.4) is 0 Å². The van der Waals surface area contributed by atoms with E-state index in [1.807, 2.05) is 30.3 Å². The summed E-state index contributed by atoms with van der Waals surface area (Å²) in [5, 5.41) is 15.3. The quantitative estimate of drug-likeness (QED) is 0.453. The third-order valence-corrected chi connectivity index (χ3v) is 2.80. The highest BCUT2D eigenvalue weighted by Gasteiger charge is 1.99. The molecule has 0 aliphatic carbocycles. The molecular formula is C11H9O3S-. The molecule has 2 aromatic carbocycles. The van der Waals surface area contributed by atoms with Gasteiger partial charge in [0.05, 0.1) is 12.0 Å². The van der Waals surface area contributed by atoms with E-state index in [0.29, 0.717) is 0 Å². The maximum absolute atomic E-state index is 9.68. The summed E-state index contributed by atoms with van der Waals surface area (Å²) in [5.74, 6) is 0. The summed E-state index contributed by atoms with van der Waals surface area (Å²) in [4.78, 5) is 0.837. The van der Waals surface area contributed by atoms with Crippen LogP contribution >= 0.6 is 12.0 Å². The SMILES string of the molecule is Cc1cccc2cc(SOO[O-])ccc12. The highest BCUT2D eigenvalue weighted by molar-refractivity contribution is 7.94. The topological polar surface area (TPSA) is 41.5 Å². The van der Waals surface area contributed by atoms with Gasteiger partial charge in [0, 0.05) is 4.90 Å². The molecule has 0 amide bonds. The molecule has 0 saturated carbocycles. The zero-order chi connectivity index (χ0) is 10.7. The van der Waals surface area contributed by atoms with E-state index in [1.54, 1.807) is 0 Å². The van der Waals surface area contributed by atoms with E-state index in [1.165, 1.54) is 10.9 Å². The minimum Gasteiger partial charge on any atom is -0.691 e. The third-order valence-electron chi connectivity index (χ3n) is 2.23. The van der Waals surface area contributed by atoms with E-state index in [0.717, 1.165) is 22.3 Å². The number of rotatable bonds is 3. The molecule has 0 bridgehead atoms. The van der Waals surface area contributed by atoms with Gasteiger partial charge in [-0.2, -0.15) is 4.33 Å². The van der Waals surface area contributed by atoms with Crippen LogP contribution in [0.1, 0.15) is 5.56 Å². The van der Waals surface area contributed by atoms with E-state index in [-0.39, 0.29) is 0 Å². The van der Waals surface area contributed by atoms with Gasteiger partial charge >= 0.3 is 0 Å². The molecular weight excluding hydrogens is 212 g/mol. The van der Waals surface area contributed by atoms with Gasteiger partial charge in [-0.3, -0.25) is 5.04 Å². The first-order valence-corrected chi connectivity index (χ1v) is 5.18. The lowest BCUT2D eigenvalue weighted by Gasteiger charge is -2.06. The first-order chi connectivity index (χ1) is 7.31. The first kappa shape index (κ1) is 10.4. The molecule has 0 aliphatic rings. The zero-order valence-corrected chi connectivity index (χ0v) is 8.91. The van der Waals surface area contributed by atoms with E-state index in [4.69, 9.17) is 0 Å². The zero-order valence-electron chi connectivity index (χ0n) is 8.10. The van der Waals surface area contributed by atoms with Crippen molar-refractivity contribution < 1.29 is 14.6 Å². The summed E-state index contributed by atoms with van der Waals surface area (Å²) < 4.78 is 4.26. The van der Waals surface area contributed by atoms with Gasteiger partial charge in [0.2, 0.25) is 0 Å². The maximum Gasteiger partial charge on any atom is 0.0674 e. The second kappa shape index (κ2) is 4.63. The molecule has 2 rings (SSSR count). The molecule has 0 heterocycles. The van der Waals surface area contributed by atoms with Crippen molar-refractivity contribution in [1.82, 2.24) is 0 Å². The van der Waals surface area contributed by atoms with Gasteiger partial charge in [-0.15, -0.1) is 0 Å². The smallest absolute Gasteiger partial charge is 0.0674 e. The second-order valence-electron chi connectivity index (χ2n) is 3.18. The number of aryl methyl sites for hydroxylation is 1. The van der Waals surface area contributed by atoms with Crippen LogP contribution in [0.15, 0.2) is 41.3 Å². The van der Waals surface area contributed by atoms with E-state index < -0.39 is 0 Å². The lowest BCUT2D eigenvalue weighted by atomic mass is 10.1. The molecule has 0 saturated heterocycles. The number of benzene rings is 2. The minimum atomic E-state index is 0.837. The summed E-state index contributed by atoms with van der Waals surface area (Å²) in [7, 11) is 0. The van der Waals surface area contributed by atoms with Crippen molar-refractivity contribution >= 4 is 22.8 Å². The van der Waals surface area contributed by atoms with E-state index in [2.05, 4.69) is 22.4 Å². The Labute approximate surface area is 91.7 Å². The van der Waals surface area contributed by atoms with Crippen LogP contribution in [0, 0.1) is 6.92 Å². The molecule has 0 spiro atoms.